The van der Waals surface area contributed by atoms with Gasteiger partial charge < -0.3 is 9.47 Å². The van der Waals surface area contributed by atoms with E-state index in [4.69, 9.17) is 4.74 Å². The second-order valence-corrected chi connectivity index (χ2v) is 6.26. The molecule has 0 aliphatic carbocycles. The third-order valence-corrected chi connectivity index (χ3v) is 4.22. The molecule has 3 rings (SSSR count). The fraction of sp³-hybridized carbons (Fsp3) is 0.286. The van der Waals surface area contributed by atoms with Crippen molar-refractivity contribution in [2.75, 3.05) is 0 Å². The molecule has 0 fully saturated rings. The van der Waals surface area contributed by atoms with Gasteiger partial charge in [-0.05, 0) is 53.8 Å². The summed E-state index contributed by atoms with van der Waals surface area (Å²) in [6.07, 6.45) is -0.0780. The van der Waals surface area contributed by atoms with Gasteiger partial charge in [0.2, 0.25) is 0 Å². The van der Waals surface area contributed by atoms with Crippen molar-refractivity contribution in [2.24, 2.45) is 0 Å². The van der Waals surface area contributed by atoms with E-state index in [2.05, 4.69) is 11.7 Å². The predicted octanol–water partition coefficient (Wildman–Crippen LogP) is 5.60. The van der Waals surface area contributed by atoms with Crippen LogP contribution in [0.5, 0.6) is 5.75 Å². The van der Waals surface area contributed by atoms with E-state index in [-0.39, 0.29) is 12.8 Å². The lowest BCUT2D eigenvalue weighted by atomic mass is 10.0. The van der Waals surface area contributed by atoms with Crippen LogP contribution in [0.2, 0.25) is 0 Å². The van der Waals surface area contributed by atoms with E-state index in [9.17, 15) is 13.6 Å². The molecule has 0 radical (unpaired) electrons. The molecule has 0 amide bonds. The predicted molar refractivity (Wildman–Crippen MR) is 95.1 cm³/mol. The Labute approximate surface area is 151 Å². The number of rotatable bonds is 5. The maximum atomic E-state index is 13.0. The van der Waals surface area contributed by atoms with Crippen LogP contribution in [0.1, 0.15) is 47.7 Å². The van der Waals surface area contributed by atoms with E-state index in [1.165, 1.54) is 5.56 Å². The number of alkyl halides is 2. The minimum atomic E-state index is -3.09. The van der Waals surface area contributed by atoms with Gasteiger partial charge in [-0.15, -0.1) is 0 Å². The summed E-state index contributed by atoms with van der Waals surface area (Å²) < 4.78 is 35.8. The highest BCUT2D eigenvalue weighted by molar-refractivity contribution is 5.91. The van der Waals surface area contributed by atoms with Crippen molar-refractivity contribution in [3.05, 3.63) is 71.5 Å². The van der Waals surface area contributed by atoms with E-state index in [1.54, 1.807) is 36.4 Å². The summed E-state index contributed by atoms with van der Waals surface area (Å²) in [6, 6.07) is 14.1. The Morgan fingerprint density at radius 2 is 1.81 bits per heavy atom. The van der Waals surface area contributed by atoms with Crippen molar-refractivity contribution in [3.8, 4) is 5.75 Å². The summed E-state index contributed by atoms with van der Waals surface area (Å²) >= 11 is 0. The van der Waals surface area contributed by atoms with Crippen LogP contribution in [0.4, 0.5) is 8.78 Å². The first kappa shape index (κ1) is 18.1. The highest BCUT2D eigenvalue weighted by Gasteiger charge is 2.33. The second-order valence-electron chi connectivity index (χ2n) is 6.26. The van der Waals surface area contributed by atoms with Crippen LogP contribution < -0.4 is 4.74 Å². The van der Waals surface area contributed by atoms with Gasteiger partial charge in [-0.2, -0.15) is 8.78 Å². The van der Waals surface area contributed by atoms with Crippen LogP contribution in [-0.2, 0) is 11.2 Å². The molecule has 0 aromatic heterocycles. The average Bonchev–Trinajstić information content (AvgIpc) is 2.63. The molecule has 1 heterocycles. The van der Waals surface area contributed by atoms with E-state index in [0.29, 0.717) is 16.9 Å². The zero-order valence-corrected chi connectivity index (χ0v) is 14.5. The van der Waals surface area contributed by atoms with Crippen molar-refractivity contribution in [1.82, 2.24) is 0 Å². The van der Waals surface area contributed by atoms with Gasteiger partial charge in [0.1, 0.15) is 5.75 Å². The van der Waals surface area contributed by atoms with E-state index >= 15 is 0 Å². The highest BCUT2D eigenvalue weighted by atomic mass is 19.3. The Morgan fingerprint density at radius 3 is 2.38 bits per heavy atom. The number of hydrogen-bond acceptors (Lipinski definition) is 3. The zero-order chi connectivity index (χ0) is 18.6. The van der Waals surface area contributed by atoms with Crippen LogP contribution >= 0.6 is 0 Å². The number of carbonyl (C=O) groups excluding carboxylic acids is 1. The number of aryl methyl sites for hydroxylation is 1. The summed E-state index contributed by atoms with van der Waals surface area (Å²) in [4.78, 5) is 12.2. The Hall–Kier alpha value is -2.69. The maximum absolute atomic E-state index is 13.0. The first-order valence-electron chi connectivity index (χ1n) is 8.63. The summed E-state index contributed by atoms with van der Waals surface area (Å²) in [5.41, 5.74) is 3.13. The van der Waals surface area contributed by atoms with Crippen LogP contribution in [0.25, 0.3) is 5.57 Å². The zero-order valence-electron chi connectivity index (χ0n) is 14.5. The monoisotopic (exact) mass is 358 g/mol. The number of carbonyl (C=O) groups is 1. The lowest BCUT2D eigenvalue weighted by Crippen LogP contribution is -2.21. The molecular weight excluding hydrogens is 338 g/mol. The smallest absolute Gasteiger partial charge is 0.397 e. The quantitative estimate of drug-likeness (QED) is 0.515. The van der Waals surface area contributed by atoms with Gasteiger partial charge in [0, 0.05) is 0 Å². The van der Waals surface area contributed by atoms with Crippen LogP contribution in [0.3, 0.4) is 0 Å². The van der Waals surface area contributed by atoms with Gasteiger partial charge in [-0.3, -0.25) is 0 Å². The molecule has 0 saturated carbocycles. The Morgan fingerprint density at radius 1 is 1.12 bits per heavy atom. The molecule has 0 atom stereocenters. The maximum Gasteiger partial charge on any atom is 0.397 e. The fourth-order valence-electron chi connectivity index (χ4n) is 2.77. The largest absolute Gasteiger partial charge is 0.440 e. The highest BCUT2D eigenvalue weighted by Crippen LogP contribution is 2.34. The molecule has 0 unspecified atom stereocenters. The summed E-state index contributed by atoms with van der Waals surface area (Å²) in [5.74, 6) is -0.0281. The van der Waals surface area contributed by atoms with Gasteiger partial charge in [0.05, 0.1) is 18.2 Å². The van der Waals surface area contributed by atoms with Gasteiger partial charge in [-0.25, -0.2) is 4.79 Å². The minimum Gasteiger partial charge on any atom is -0.440 e. The number of esters is 1. The number of benzene rings is 2. The average molecular weight is 358 g/mol. The van der Waals surface area contributed by atoms with Crippen molar-refractivity contribution in [1.29, 1.82) is 0 Å². The number of allylic oxidation sites excluding steroid dienone is 1. The van der Waals surface area contributed by atoms with Gasteiger partial charge in [0.25, 0.3) is 0 Å². The molecule has 0 N–H and O–H groups in total. The molecule has 26 heavy (non-hydrogen) atoms. The summed E-state index contributed by atoms with van der Waals surface area (Å²) in [5, 5.41) is 0. The Kier molecular flexibility index (Phi) is 5.35. The molecular formula is C21H20F2O3. The van der Waals surface area contributed by atoms with Crippen molar-refractivity contribution < 1.29 is 23.0 Å². The molecule has 0 saturated heterocycles. The fourth-order valence-corrected chi connectivity index (χ4v) is 2.77. The van der Waals surface area contributed by atoms with Gasteiger partial charge in [-0.1, -0.05) is 37.6 Å². The third kappa shape index (κ3) is 4.48. The molecule has 1 aliphatic rings. The Bertz CT molecular complexity index is 793. The number of hydrogen-bond donors (Lipinski definition) is 0. The summed E-state index contributed by atoms with van der Waals surface area (Å²) in [7, 11) is 0. The Balaban J connectivity index is 1.64. The van der Waals surface area contributed by atoms with E-state index < -0.39 is 12.1 Å². The standard InChI is InChI=1S/C21H20F2O3/c1-2-3-15-4-6-17(7-5-15)20(24)26-19-10-8-16(9-11-19)18-12-13-21(22,23)25-14-18/h4-11,14H,2-3,12-13H2,1H3. The topological polar surface area (TPSA) is 35.5 Å². The van der Waals surface area contributed by atoms with E-state index in [1.807, 2.05) is 12.1 Å². The van der Waals surface area contributed by atoms with Gasteiger partial charge in [0.15, 0.2) is 0 Å². The number of halogens is 2. The van der Waals surface area contributed by atoms with Crippen molar-refractivity contribution >= 4 is 11.5 Å². The molecule has 0 spiro atoms. The van der Waals surface area contributed by atoms with Crippen molar-refractivity contribution in [2.45, 2.75) is 38.7 Å². The molecule has 1 aliphatic heterocycles. The van der Waals surface area contributed by atoms with Crippen LogP contribution in [-0.4, -0.2) is 12.1 Å². The molecule has 0 bridgehead atoms. The van der Waals surface area contributed by atoms with Gasteiger partial charge >= 0.3 is 12.1 Å². The van der Waals surface area contributed by atoms with Crippen molar-refractivity contribution in [3.63, 3.8) is 0 Å². The minimum absolute atomic E-state index is 0.232. The summed E-state index contributed by atoms with van der Waals surface area (Å²) in [6.45, 7) is 2.10. The molecule has 3 nitrogen and oxygen atoms in total. The molecule has 2 aromatic rings. The molecule has 136 valence electrons. The van der Waals surface area contributed by atoms with Crippen LogP contribution in [0, 0.1) is 0 Å². The van der Waals surface area contributed by atoms with Crippen LogP contribution in [0.15, 0.2) is 54.8 Å². The first-order chi connectivity index (χ1) is 12.5. The van der Waals surface area contributed by atoms with E-state index in [0.717, 1.165) is 24.7 Å². The number of ether oxygens (including phenoxy) is 2. The first-order valence-corrected chi connectivity index (χ1v) is 8.63. The third-order valence-electron chi connectivity index (χ3n) is 4.22. The normalized spacial score (nSPS) is 15.7. The molecule has 2 aromatic carbocycles. The lowest BCUT2D eigenvalue weighted by Gasteiger charge is -2.22. The molecule has 5 heteroatoms. The lowest BCUT2D eigenvalue weighted by molar-refractivity contribution is -0.211. The SMILES string of the molecule is CCCc1ccc(C(=O)Oc2ccc(C3=COC(F)(F)CC3)cc2)cc1. The second kappa shape index (κ2) is 7.68.